The number of allylic oxidation sites excluding steroid dienone is 1. The number of carbonyl (C=O) groups is 11. The van der Waals surface area contributed by atoms with Crippen LogP contribution in [0.5, 0.6) is 0 Å². The second-order valence-corrected chi connectivity index (χ2v) is 27.9. The van der Waals surface area contributed by atoms with Crippen LogP contribution in [0.3, 0.4) is 0 Å². The lowest BCUT2D eigenvalue weighted by Crippen LogP contribution is -2.65. The molecular weight excluding hydrogens is 1250 g/mol. The first kappa shape index (κ1) is 87.9. The molecule has 1 saturated heterocycles. The van der Waals surface area contributed by atoms with Gasteiger partial charge in [0, 0.05) is 72.8 Å². The van der Waals surface area contributed by atoms with Gasteiger partial charge in [0.15, 0.2) is 0 Å². The van der Waals surface area contributed by atoms with Crippen LogP contribution >= 0.6 is 0 Å². The maximum atomic E-state index is 15.6. The zero-order chi connectivity index (χ0) is 74.6. The van der Waals surface area contributed by atoms with Crippen molar-refractivity contribution in [3.8, 4) is 0 Å². The van der Waals surface area contributed by atoms with Crippen LogP contribution in [0.1, 0.15) is 163 Å². The first-order valence-corrected chi connectivity index (χ1v) is 34.5. The molecule has 1 unspecified atom stereocenters. The number of azide groups is 1. The molecule has 1 aliphatic rings. The van der Waals surface area contributed by atoms with Gasteiger partial charge in [-0.25, -0.2) is 0 Å². The monoisotopic (exact) mass is 1370 g/mol. The van der Waals surface area contributed by atoms with E-state index in [1.165, 1.54) is 86.7 Å². The van der Waals surface area contributed by atoms with Gasteiger partial charge < -0.3 is 70.1 Å². The van der Waals surface area contributed by atoms with Gasteiger partial charge in [0.1, 0.15) is 66.5 Å². The number of aliphatic hydroxyl groups is 1. The maximum absolute atomic E-state index is 15.6. The Labute approximate surface area is 578 Å². The second kappa shape index (κ2) is 42.6. The molecule has 0 aromatic carbocycles. The Balaban J connectivity index is 4.66. The molecule has 11 amide bonds. The minimum absolute atomic E-state index is 0.0369. The molecule has 1 rings (SSSR count). The van der Waals surface area contributed by atoms with Crippen LogP contribution < -0.4 is 21.3 Å². The molecule has 0 aromatic heterocycles. The summed E-state index contributed by atoms with van der Waals surface area (Å²) in [6, 6.07) is -14.9. The predicted molar refractivity (Wildman–Crippen MR) is 372 cm³/mol. The van der Waals surface area contributed by atoms with E-state index in [1.54, 1.807) is 74.5 Å². The summed E-state index contributed by atoms with van der Waals surface area (Å²) >= 11 is 0. The van der Waals surface area contributed by atoms with Crippen molar-refractivity contribution in [3.63, 3.8) is 0 Å². The molecule has 14 atom stereocenters. The summed E-state index contributed by atoms with van der Waals surface area (Å²) in [5.41, 5.74) is 8.87. The molecule has 0 bridgehead atoms. The van der Waals surface area contributed by atoms with Crippen LogP contribution in [0.4, 0.5) is 0 Å². The fourth-order valence-electron chi connectivity index (χ4n) is 12.0. The first-order chi connectivity index (χ1) is 45.3. The summed E-state index contributed by atoms with van der Waals surface area (Å²) < 4.78 is 12.2. The maximum Gasteiger partial charge on any atom is 0.248 e. The van der Waals surface area contributed by atoms with Crippen LogP contribution in [0.25, 0.3) is 10.4 Å². The zero-order valence-corrected chi connectivity index (χ0v) is 62.6. The minimum Gasteiger partial charge on any atom is -0.390 e. The average Bonchev–Trinajstić information content (AvgIpc) is 0.808. The van der Waals surface area contributed by atoms with Crippen molar-refractivity contribution in [1.82, 2.24) is 55.6 Å². The predicted octanol–water partition coefficient (Wildman–Crippen LogP) is 4.68. The number of hydrogen-bond acceptors (Lipinski definition) is 15. The number of nitrogens with zero attached hydrogens (tertiary/aromatic N) is 10. The number of likely N-dealkylation sites (N-methyl/N-ethyl adjacent to an activating group) is 6. The third-order valence-corrected chi connectivity index (χ3v) is 17.7. The van der Waals surface area contributed by atoms with Crippen LogP contribution in [0, 0.1) is 35.5 Å². The van der Waals surface area contributed by atoms with Crippen molar-refractivity contribution in [2.75, 3.05) is 75.2 Å². The van der Waals surface area contributed by atoms with Gasteiger partial charge in [0.2, 0.25) is 65.0 Å². The Bertz CT molecular complexity index is 2700. The fraction of sp³-hybridized carbons (Fsp3) is 0.783. The number of nitrogens with one attached hydrogen (secondary N) is 4. The van der Waals surface area contributed by atoms with E-state index in [1.807, 2.05) is 41.5 Å². The highest BCUT2D eigenvalue weighted by atomic mass is 16.5. The number of ether oxygens (including phenoxy) is 2. The first-order valence-electron chi connectivity index (χ1n) is 34.5. The van der Waals surface area contributed by atoms with Crippen molar-refractivity contribution >= 4 is 65.0 Å². The van der Waals surface area contributed by atoms with E-state index >= 15 is 33.6 Å². The second-order valence-electron chi connectivity index (χ2n) is 27.9. The fourth-order valence-corrected chi connectivity index (χ4v) is 12.0. The van der Waals surface area contributed by atoms with Gasteiger partial charge in [-0.2, -0.15) is 0 Å². The van der Waals surface area contributed by atoms with Crippen molar-refractivity contribution in [3.05, 3.63) is 35.2 Å². The third-order valence-electron chi connectivity index (χ3n) is 17.7. The lowest BCUT2D eigenvalue weighted by Gasteiger charge is -2.41. The van der Waals surface area contributed by atoms with E-state index in [9.17, 15) is 24.3 Å². The normalized spacial score (nSPS) is 25.9. The Morgan fingerprint density at radius 2 is 1.05 bits per heavy atom. The lowest BCUT2D eigenvalue weighted by atomic mass is 9.93. The number of amides is 11. The molecule has 5 N–H and O–H groups in total. The quantitative estimate of drug-likeness (QED) is 0.0273. The van der Waals surface area contributed by atoms with E-state index in [4.69, 9.17) is 15.0 Å². The molecule has 0 spiro atoms. The molecule has 1 aliphatic heterocycles. The summed E-state index contributed by atoms with van der Waals surface area (Å²) in [5.74, 6) is -10.8. The lowest BCUT2D eigenvalue weighted by molar-refractivity contribution is -0.158. The zero-order valence-electron chi connectivity index (χ0n) is 62.6. The van der Waals surface area contributed by atoms with Crippen LogP contribution in [-0.2, 0) is 62.2 Å². The van der Waals surface area contributed by atoms with Crippen LogP contribution in [0.2, 0.25) is 0 Å². The van der Waals surface area contributed by atoms with Gasteiger partial charge in [-0.1, -0.05) is 113 Å². The van der Waals surface area contributed by atoms with Gasteiger partial charge in [-0.15, -0.1) is 6.58 Å². The molecule has 1 heterocycles. The molecule has 0 aromatic rings. The molecule has 0 aliphatic carbocycles. The highest BCUT2D eigenvalue weighted by molar-refractivity contribution is 6.00. The van der Waals surface area contributed by atoms with E-state index in [0.29, 0.717) is 12.8 Å². The topological polar surface area (TPSA) is 346 Å². The average molecular weight is 1370 g/mol. The Morgan fingerprint density at radius 1 is 0.567 bits per heavy atom. The molecule has 1 fully saturated rings. The SMILES string of the molecule is C=CCOC[C@@H]1C(=O)N(C)C([C@@H](C)OCCCCN=[N+]=[N-])C(=O)N[C@@H](C(C)C)C(=O)N(C)[C@@H](CC(C)C)C(=O)N[C@@H](C)C(=O)N[C@H](C)C(=O)N(C)[C@@H](CC(C)C)C(=O)N(C)[C@@H](CC(C)C)C(=O)N(C)[C@@H](C(C)C)C(=O)N(C)[C@@H]([C@H](O)[C@H](C)/C=C/C)C(=O)N[C@@H](CC)C(=O)N1CCC. The van der Waals surface area contributed by atoms with Crippen molar-refractivity contribution in [2.24, 2.45) is 40.6 Å². The van der Waals surface area contributed by atoms with Gasteiger partial charge in [-0.05, 0) is 108 Å². The van der Waals surface area contributed by atoms with Crippen molar-refractivity contribution < 1.29 is 67.3 Å². The molecule has 0 radical (unpaired) electrons. The highest BCUT2D eigenvalue weighted by Crippen LogP contribution is 2.26. The smallest absolute Gasteiger partial charge is 0.248 e. The van der Waals surface area contributed by atoms with Gasteiger partial charge in [-0.3, -0.25) is 52.7 Å². The number of carbonyl (C=O) groups excluding carboxylic acids is 11. The summed E-state index contributed by atoms with van der Waals surface area (Å²) in [6.45, 7) is 32.4. The van der Waals surface area contributed by atoms with E-state index in [0.717, 1.165) is 9.80 Å². The van der Waals surface area contributed by atoms with Crippen molar-refractivity contribution in [2.45, 2.75) is 241 Å². The highest BCUT2D eigenvalue weighted by Gasteiger charge is 2.47. The van der Waals surface area contributed by atoms with E-state index in [2.05, 4.69) is 37.9 Å². The molecule has 552 valence electrons. The summed E-state index contributed by atoms with van der Waals surface area (Å²) in [6.07, 6.45) is 3.38. The summed E-state index contributed by atoms with van der Waals surface area (Å²) in [7, 11) is 8.36. The van der Waals surface area contributed by atoms with Crippen LogP contribution in [-0.4, -0.2) is 258 Å². The summed E-state index contributed by atoms with van der Waals surface area (Å²) in [5, 5.41) is 26.9. The number of hydrogen-bond donors (Lipinski definition) is 5. The number of unbranched alkanes of at least 4 members (excludes halogenated alkanes) is 1. The standard InChI is InChI=1S/C69H122N14O14/c1-25-31-45(15)58(84)57-62(88)74-49(28-4)64(90)83(33-26-2)53(39-96-34-27-3)67(93)81(23)56(48(18)97-35-30-29-32-71-76-70)61(87)75-54(43(11)12)68(94)77(19)50(36-40(5)6)60(86)72-46(16)59(85)73-47(17)63(89)78(20)51(37-41(7)8)65(91)79(21)52(38-42(9)10)66(92)80(22)55(44(13)14)69(95)82(57)24/h25,27,31,40-58,84H,3,26,28-30,32-39H2,1-2,4-24H3,(H,72,86)(H,73,85)(H,74,88)(H,75,87)/b31-25+/t45-,46+,47-,48-,49+,50+,51+,52+,53-,54+,55+,56?,57+,58-/m1/s1. The van der Waals surface area contributed by atoms with E-state index in [-0.39, 0.29) is 76.2 Å². The molecule has 28 heteroatoms. The van der Waals surface area contributed by atoms with Crippen LogP contribution in [0.15, 0.2) is 29.9 Å². The van der Waals surface area contributed by atoms with Gasteiger partial charge in [0.05, 0.1) is 25.4 Å². The largest absolute Gasteiger partial charge is 0.390 e. The number of aliphatic hydroxyl groups excluding tert-OH is 1. The van der Waals surface area contributed by atoms with E-state index < -0.39 is 168 Å². The Hall–Kier alpha value is -7.16. The molecule has 0 saturated carbocycles. The van der Waals surface area contributed by atoms with Gasteiger partial charge in [0.25, 0.3) is 0 Å². The van der Waals surface area contributed by atoms with Crippen molar-refractivity contribution in [1.29, 1.82) is 0 Å². The third kappa shape index (κ3) is 25.6. The number of rotatable bonds is 25. The molecule has 28 nitrogen and oxygen atoms in total. The molecule has 97 heavy (non-hydrogen) atoms. The minimum atomic E-state index is -1.71. The Kier molecular flexibility index (Phi) is 38.6. The molecular formula is C69H122N14O14. The van der Waals surface area contributed by atoms with Gasteiger partial charge >= 0.3 is 0 Å². The summed E-state index contributed by atoms with van der Waals surface area (Å²) in [4.78, 5) is 176. The Morgan fingerprint density at radius 3 is 1.55 bits per heavy atom.